The molecule has 0 saturated carbocycles. The van der Waals surface area contributed by atoms with Gasteiger partial charge in [0, 0.05) is 36.5 Å². The minimum Gasteiger partial charge on any atom is -0.487 e. The van der Waals surface area contributed by atoms with Gasteiger partial charge in [-0.15, -0.1) is 0 Å². The molecular weight excluding hydrogens is 494 g/mol. The Kier molecular flexibility index (Phi) is 8.95. The van der Waals surface area contributed by atoms with Crippen molar-refractivity contribution in [2.45, 2.75) is 18.3 Å². The number of hydrazone groups is 1. The molecule has 2 aromatic carbocycles. The number of nitrogens with zero attached hydrogens (tertiary/aromatic N) is 2. The van der Waals surface area contributed by atoms with Crippen LogP contribution in [0.25, 0.3) is 4.91 Å². The van der Waals surface area contributed by atoms with Gasteiger partial charge in [0.15, 0.2) is 5.62 Å². The van der Waals surface area contributed by atoms with E-state index in [1.165, 1.54) is 10.5 Å². The molecule has 0 aromatic heterocycles. The summed E-state index contributed by atoms with van der Waals surface area (Å²) in [6.45, 7) is 3.95. The van der Waals surface area contributed by atoms with Crippen LogP contribution in [0.15, 0.2) is 65.4 Å². The largest absolute Gasteiger partial charge is 0.487 e. The highest BCUT2D eigenvalue weighted by Crippen LogP contribution is 2.38. The highest BCUT2D eigenvalue weighted by molar-refractivity contribution is 8.24. The van der Waals surface area contributed by atoms with Crippen molar-refractivity contribution in [3.63, 3.8) is 0 Å². The third kappa shape index (κ3) is 6.43. The summed E-state index contributed by atoms with van der Waals surface area (Å²) in [6, 6.07) is 17.3. The molecule has 0 spiro atoms. The van der Waals surface area contributed by atoms with E-state index in [1.807, 2.05) is 37.4 Å². The zero-order valence-corrected chi connectivity index (χ0v) is 22.2. The number of benzene rings is 2. The monoisotopic (exact) mass is 525 g/mol. The predicted octanol–water partition coefficient (Wildman–Crippen LogP) is 3.23. The number of carbonyl (C=O) groups excluding carboxylic acids is 2. The number of ether oxygens (including phenoxy) is 1. The van der Waals surface area contributed by atoms with E-state index in [9.17, 15) is 9.59 Å². The van der Waals surface area contributed by atoms with Crippen LogP contribution in [0.4, 0.5) is 0 Å². The van der Waals surface area contributed by atoms with Gasteiger partial charge in [-0.25, -0.2) is 0 Å². The molecular formula is C26H31N5O3S2. The number of thioether (sulfide) groups is 2. The Morgan fingerprint density at radius 1 is 1.22 bits per heavy atom. The van der Waals surface area contributed by atoms with Gasteiger partial charge in [0.2, 0.25) is 0 Å². The average Bonchev–Trinajstić information content (AvgIpc) is 3.44. The lowest BCUT2D eigenvalue weighted by Gasteiger charge is -2.20. The zero-order valence-electron chi connectivity index (χ0n) is 20.6. The summed E-state index contributed by atoms with van der Waals surface area (Å²) < 4.78 is 6.04. The fraction of sp³-hybridized carbons (Fsp3) is 0.346. The van der Waals surface area contributed by atoms with Gasteiger partial charge in [0.1, 0.15) is 17.4 Å². The number of amides is 1. The molecule has 36 heavy (non-hydrogen) atoms. The van der Waals surface area contributed by atoms with Gasteiger partial charge in [-0.2, -0.15) is 5.10 Å². The maximum absolute atomic E-state index is 13.0. The fourth-order valence-corrected chi connectivity index (χ4v) is 6.13. The van der Waals surface area contributed by atoms with Crippen molar-refractivity contribution in [2.24, 2.45) is 11.0 Å². The summed E-state index contributed by atoms with van der Waals surface area (Å²) in [5.74, 6) is 0.473. The van der Waals surface area contributed by atoms with Crippen LogP contribution in [-0.4, -0.2) is 66.7 Å². The summed E-state index contributed by atoms with van der Waals surface area (Å²) in [5, 5.41) is 11.8. The number of rotatable bonds is 9. The standard InChI is InChI=1S/C26H31N5O3S2/c1-17-28-23(24(36-17)18-7-5-4-6-8-18)15-34-20-11-9-19(10-12-20)25(33)29-22-14-31(3)13-21(22)26(30-27-2)35-16-32/h4-12,16-17,21-22,27-28H,13-15H2,1-3H3,(H,29,33)/b30-26-. The summed E-state index contributed by atoms with van der Waals surface area (Å²) in [4.78, 5) is 27.4. The van der Waals surface area contributed by atoms with Crippen LogP contribution in [-0.2, 0) is 4.79 Å². The van der Waals surface area contributed by atoms with Crippen LogP contribution in [0.5, 0.6) is 5.75 Å². The first-order valence-electron chi connectivity index (χ1n) is 11.8. The third-order valence-corrected chi connectivity index (χ3v) is 7.93. The minimum atomic E-state index is -0.163. The summed E-state index contributed by atoms with van der Waals surface area (Å²) in [7, 11) is 3.69. The van der Waals surface area contributed by atoms with Gasteiger partial charge in [-0.05, 0) is 55.6 Å². The number of hydrogen-bond donors (Lipinski definition) is 3. The molecule has 3 atom stereocenters. The first-order chi connectivity index (χ1) is 17.5. The lowest BCUT2D eigenvalue weighted by Crippen LogP contribution is -2.42. The highest BCUT2D eigenvalue weighted by Gasteiger charge is 2.36. The van der Waals surface area contributed by atoms with Gasteiger partial charge in [0.05, 0.1) is 17.1 Å². The first kappa shape index (κ1) is 26.1. The molecule has 1 saturated heterocycles. The predicted molar refractivity (Wildman–Crippen MR) is 149 cm³/mol. The molecule has 3 N–H and O–H groups in total. The maximum atomic E-state index is 13.0. The molecule has 3 unspecified atom stereocenters. The lowest BCUT2D eigenvalue weighted by atomic mass is 10.0. The molecule has 2 aliphatic heterocycles. The van der Waals surface area contributed by atoms with Gasteiger partial charge in [0.25, 0.3) is 5.91 Å². The van der Waals surface area contributed by atoms with Crippen LogP contribution in [0.1, 0.15) is 22.8 Å². The quantitative estimate of drug-likeness (QED) is 0.199. The van der Waals surface area contributed by atoms with E-state index >= 15 is 0 Å². The topological polar surface area (TPSA) is 95.1 Å². The van der Waals surface area contributed by atoms with Crippen LogP contribution in [0.2, 0.25) is 0 Å². The summed E-state index contributed by atoms with van der Waals surface area (Å²) in [6.07, 6.45) is 0. The molecule has 10 heteroatoms. The second kappa shape index (κ2) is 12.3. The number of nitrogens with one attached hydrogen (secondary N) is 3. The molecule has 0 bridgehead atoms. The Morgan fingerprint density at radius 2 is 1.97 bits per heavy atom. The number of carbonyl (C=O) groups is 2. The first-order valence-corrected chi connectivity index (χ1v) is 13.5. The Morgan fingerprint density at radius 3 is 2.67 bits per heavy atom. The molecule has 190 valence electrons. The third-order valence-electron chi connectivity index (χ3n) is 6.01. The number of likely N-dealkylation sites (tertiary alicyclic amines) is 1. The highest BCUT2D eigenvalue weighted by atomic mass is 32.2. The van der Waals surface area contributed by atoms with Crippen molar-refractivity contribution < 1.29 is 14.3 Å². The fourth-order valence-electron chi connectivity index (χ4n) is 4.39. The van der Waals surface area contributed by atoms with Crippen molar-refractivity contribution in [2.75, 3.05) is 33.8 Å². The lowest BCUT2D eigenvalue weighted by molar-refractivity contribution is 0.0935. The van der Waals surface area contributed by atoms with Crippen molar-refractivity contribution >= 4 is 45.0 Å². The Bertz CT molecular complexity index is 1120. The van der Waals surface area contributed by atoms with E-state index in [0.717, 1.165) is 23.1 Å². The van der Waals surface area contributed by atoms with E-state index in [2.05, 4.69) is 45.1 Å². The van der Waals surface area contributed by atoms with E-state index in [-0.39, 0.29) is 23.2 Å². The average molecular weight is 526 g/mol. The van der Waals surface area contributed by atoms with Crippen LogP contribution in [0.3, 0.4) is 0 Å². The minimum absolute atomic E-state index is 0.0598. The van der Waals surface area contributed by atoms with Crippen molar-refractivity contribution in [1.82, 2.24) is 21.0 Å². The molecule has 2 aliphatic rings. The van der Waals surface area contributed by atoms with E-state index in [1.54, 1.807) is 30.9 Å². The molecule has 1 fully saturated rings. The van der Waals surface area contributed by atoms with Crippen LogP contribution >= 0.6 is 23.5 Å². The smallest absolute Gasteiger partial charge is 0.251 e. The summed E-state index contributed by atoms with van der Waals surface area (Å²) >= 11 is 2.84. The van der Waals surface area contributed by atoms with Gasteiger partial charge >= 0.3 is 0 Å². The van der Waals surface area contributed by atoms with Crippen molar-refractivity contribution in [3.05, 3.63) is 71.4 Å². The zero-order chi connectivity index (χ0) is 25.5. The van der Waals surface area contributed by atoms with Crippen molar-refractivity contribution in [1.29, 1.82) is 0 Å². The van der Waals surface area contributed by atoms with Gasteiger partial charge < -0.3 is 25.7 Å². The van der Waals surface area contributed by atoms with Crippen LogP contribution < -0.4 is 20.8 Å². The molecule has 4 rings (SSSR count). The van der Waals surface area contributed by atoms with E-state index in [4.69, 9.17) is 4.74 Å². The van der Waals surface area contributed by atoms with E-state index in [0.29, 0.717) is 36.1 Å². The molecule has 2 heterocycles. The Hall–Kier alpha value is -2.95. The van der Waals surface area contributed by atoms with E-state index < -0.39 is 0 Å². The number of likely N-dealkylation sites (N-methyl/N-ethyl adjacent to an activating group) is 1. The molecule has 0 radical (unpaired) electrons. The molecule has 8 nitrogen and oxygen atoms in total. The Balaban J connectivity index is 1.38. The second-order valence-corrected chi connectivity index (χ2v) is 10.9. The van der Waals surface area contributed by atoms with Crippen LogP contribution in [0, 0.1) is 5.92 Å². The SMILES string of the molecule is CN/N=C(\SC=O)C1CN(C)CC1NC(=O)c1ccc(OCC2=C(c3ccccc3)SC(C)N2)cc1. The Labute approximate surface area is 220 Å². The summed E-state index contributed by atoms with van der Waals surface area (Å²) in [5.41, 5.74) is 6.32. The molecule has 2 aromatic rings. The number of hydrogen-bond acceptors (Lipinski definition) is 9. The maximum Gasteiger partial charge on any atom is 0.251 e. The van der Waals surface area contributed by atoms with Gasteiger partial charge in [-0.3, -0.25) is 9.59 Å². The van der Waals surface area contributed by atoms with Crippen molar-refractivity contribution in [3.8, 4) is 5.75 Å². The molecule has 0 aliphatic carbocycles. The van der Waals surface area contributed by atoms with Gasteiger partial charge in [-0.1, -0.05) is 42.1 Å². The normalized spacial score (nSPS) is 22.3. The second-order valence-electron chi connectivity index (χ2n) is 8.69. The molecule has 1 amide bonds.